The van der Waals surface area contributed by atoms with E-state index in [2.05, 4.69) is 65.8 Å². The quantitative estimate of drug-likeness (QED) is 0.690. The van der Waals surface area contributed by atoms with Crippen LogP contribution in [0.3, 0.4) is 0 Å². The Kier molecular flexibility index (Phi) is 4.64. The summed E-state index contributed by atoms with van der Waals surface area (Å²) in [7, 11) is 0. The van der Waals surface area contributed by atoms with Crippen LogP contribution in [-0.2, 0) is 25.7 Å². The molecule has 0 aliphatic heterocycles. The Morgan fingerprint density at radius 1 is 0.682 bits per heavy atom. The lowest BCUT2D eigenvalue weighted by Crippen LogP contribution is -1.99. The van der Waals surface area contributed by atoms with Crippen LogP contribution in [0.4, 0.5) is 0 Å². The first-order valence-corrected chi connectivity index (χ1v) is 7.71. The second kappa shape index (κ2) is 7.03. The van der Waals surface area contributed by atoms with Crippen LogP contribution in [0.2, 0.25) is 0 Å². The number of hydrogen-bond donors (Lipinski definition) is 0. The van der Waals surface area contributed by atoms with Crippen LogP contribution < -0.4 is 0 Å². The molecular formula is C19H20N2O. The third kappa shape index (κ3) is 3.82. The Morgan fingerprint density at radius 2 is 1.23 bits per heavy atom. The molecule has 0 radical (unpaired) electrons. The molecule has 22 heavy (non-hydrogen) atoms. The fourth-order valence-corrected chi connectivity index (χ4v) is 2.53. The lowest BCUT2D eigenvalue weighted by molar-refractivity contribution is 0.300. The van der Waals surface area contributed by atoms with E-state index in [9.17, 15) is 0 Å². The highest BCUT2D eigenvalue weighted by Gasteiger charge is 2.10. The molecule has 0 atom stereocenters. The summed E-state index contributed by atoms with van der Waals surface area (Å²) in [6.07, 6.45) is 3.67. The van der Waals surface area contributed by atoms with Crippen molar-refractivity contribution < 1.29 is 4.63 Å². The predicted octanol–water partition coefficient (Wildman–Crippen LogP) is 3.95. The summed E-state index contributed by atoms with van der Waals surface area (Å²) < 4.78 is 4.94. The standard InChI is InChI=1S/C19H20N2O/c1-15-7-9-17(10-8-15)12-14-19-18(20-22-21-19)13-11-16-5-3-2-4-6-16/h2-10H,11-14H2,1H3. The summed E-state index contributed by atoms with van der Waals surface area (Å²) in [5, 5.41) is 8.15. The van der Waals surface area contributed by atoms with Gasteiger partial charge < -0.3 is 0 Å². The number of rotatable bonds is 6. The van der Waals surface area contributed by atoms with Crippen molar-refractivity contribution in [2.75, 3.05) is 0 Å². The van der Waals surface area contributed by atoms with Crippen LogP contribution in [-0.4, -0.2) is 10.3 Å². The van der Waals surface area contributed by atoms with Gasteiger partial charge in [-0.3, -0.25) is 0 Å². The molecule has 0 aliphatic carbocycles. The van der Waals surface area contributed by atoms with Crippen LogP contribution >= 0.6 is 0 Å². The van der Waals surface area contributed by atoms with E-state index >= 15 is 0 Å². The van der Waals surface area contributed by atoms with Crippen molar-refractivity contribution in [3.63, 3.8) is 0 Å². The van der Waals surface area contributed by atoms with Crippen LogP contribution in [0.5, 0.6) is 0 Å². The molecule has 1 heterocycles. The van der Waals surface area contributed by atoms with Crippen LogP contribution in [0.15, 0.2) is 59.2 Å². The average Bonchev–Trinajstić information content (AvgIpc) is 3.01. The molecule has 0 fully saturated rings. The van der Waals surface area contributed by atoms with E-state index in [-0.39, 0.29) is 0 Å². The lowest BCUT2D eigenvalue weighted by Gasteiger charge is -2.02. The van der Waals surface area contributed by atoms with Gasteiger partial charge in [0.1, 0.15) is 11.4 Å². The van der Waals surface area contributed by atoms with Gasteiger partial charge in [0.25, 0.3) is 0 Å². The predicted molar refractivity (Wildman–Crippen MR) is 86.7 cm³/mol. The fourth-order valence-electron chi connectivity index (χ4n) is 2.53. The van der Waals surface area contributed by atoms with E-state index in [1.165, 1.54) is 16.7 Å². The van der Waals surface area contributed by atoms with E-state index in [1.807, 2.05) is 6.07 Å². The van der Waals surface area contributed by atoms with Crippen molar-refractivity contribution in [3.8, 4) is 0 Å². The zero-order chi connectivity index (χ0) is 15.2. The third-order valence-corrected chi connectivity index (χ3v) is 3.90. The molecule has 3 aromatic rings. The molecule has 3 rings (SSSR count). The minimum atomic E-state index is 0.872. The van der Waals surface area contributed by atoms with Gasteiger partial charge in [-0.15, -0.1) is 0 Å². The van der Waals surface area contributed by atoms with Gasteiger partial charge in [0.05, 0.1) is 0 Å². The molecule has 0 saturated carbocycles. The zero-order valence-electron chi connectivity index (χ0n) is 12.8. The molecule has 0 saturated heterocycles. The molecular weight excluding hydrogens is 272 g/mol. The number of hydrogen-bond acceptors (Lipinski definition) is 3. The third-order valence-electron chi connectivity index (χ3n) is 3.90. The van der Waals surface area contributed by atoms with E-state index in [0.29, 0.717) is 0 Å². The van der Waals surface area contributed by atoms with Gasteiger partial charge in [-0.25, -0.2) is 4.63 Å². The van der Waals surface area contributed by atoms with Crippen molar-refractivity contribution in [3.05, 3.63) is 82.7 Å². The lowest BCUT2D eigenvalue weighted by atomic mass is 10.0. The molecule has 112 valence electrons. The highest BCUT2D eigenvalue weighted by atomic mass is 16.6. The van der Waals surface area contributed by atoms with Crippen molar-refractivity contribution in [2.24, 2.45) is 0 Å². The van der Waals surface area contributed by atoms with E-state index in [4.69, 9.17) is 4.63 Å². The first-order chi connectivity index (χ1) is 10.8. The SMILES string of the molecule is Cc1ccc(CCc2nonc2CCc2ccccc2)cc1. The van der Waals surface area contributed by atoms with Gasteiger partial charge in [-0.2, -0.15) is 0 Å². The van der Waals surface area contributed by atoms with Gasteiger partial charge in [0.2, 0.25) is 0 Å². The molecule has 2 aromatic carbocycles. The summed E-state index contributed by atoms with van der Waals surface area (Å²) in [5.41, 5.74) is 5.89. The topological polar surface area (TPSA) is 38.9 Å². The van der Waals surface area contributed by atoms with Gasteiger partial charge in [0.15, 0.2) is 0 Å². The molecule has 0 spiro atoms. The maximum atomic E-state index is 4.94. The summed E-state index contributed by atoms with van der Waals surface area (Å²) >= 11 is 0. The molecule has 0 aliphatic rings. The Morgan fingerprint density at radius 3 is 1.82 bits per heavy atom. The number of aryl methyl sites for hydroxylation is 5. The van der Waals surface area contributed by atoms with Crippen molar-refractivity contribution in [1.29, 1.82) is 0 Å². The maximum absolute atomic E-state index is 4.94. The number of nitrogens with zero attached hydrogens (tertiary/aromatic N) is 2. The molecule has 3 nitrogen and oxygen atoms in total. The Labute approximate surface area is 131 Å². The molecule has 1 aromatic heterocycles. The van der Waals surface area contributed by atoms with Gasteiger partial charge in [0, 0.05) is 0 Å². The van der Waals surface area contributed by atoms with Gasteiger partial charge in [-0.05, 0) is 43.7 Å². The second-order valence-electron chi connectivity index (χ2n) is 5.63. The summed E-state index contributed by atoms with van der Waals surface area (Å²) in [6.45, 7) is 2.10. The largest absolute Gasteiger partial charge is 0.244 e. The highest BCUT2D eigenvalue weighted by molar-refractivity contribution is 5.23. The minimum Gasteiger partial charge on any atom is -0.244 e. The molecule has 0 bridgehead atoms. The summed E-state index contributed by atoms with van der Waals surface area (Å²) in [5.74, 6) is 0. The van der Waals surface area contributed by atoms with Gasteiger partial charge in [-0.1, -0.05) is 70.5 Å². The minimum absolute atomic E-state index is 0.872. The number of aromatic nitrogens is 2. The van der Waals surface area contributed by atoms with Crippen LogP contribution in [0.25, 0.3) is 0 Å². The summed E-state index contributed by atoms with van der Waals surface area (Å²) in [4.78, 5) is 0. The molecule has 0 amide bonds. The Bertz CT molecular complexity index is 702. The smallest absolute Gasteiger partial charge is 0.108 e. The van der Waals surface area contributed by atoms with Crippen LogP contribution in [0.1, 0.15) is 28.1 Å². The fraction of sp³-hybridized carbons (Fsp3) is 0.263. The summed E-state index contributed by atoms with van der Waals surface area (Å²) in [6, 6.07) is 19.1. The Hall–Kier alpha value is -2.42. The van der Waals surface area contributed by atoms with Crippen LogP contribution in [0, 0.1) is 6.92 Å². The zero-order valence-corrected chi connectivity index (χ0v) is 12.8. The normalized spacial score (nSPS) is 10.8. The van der Waals surface area contributed by atoms with Gasteiger partial charge >= 0.3 is 0 Å². The van der Waals surface area contributed by atoms with E-state index in [1.54, 1.807) is 0 Å². The van der Waals surface area contributed by atoms with E-state index in [0.717, 1.165) is 37.1 Å². The second-order valence-corrected chi connectivity index (χ2v) is 5.63. The average molecular weight is 292 g/mol. The van der Waals surface area contributed by atoms with Crippen molar-refractivity contribution >= 4 is 0 Å². The first-order valence-electron chi connectivity index (χ1n) is 7.71. The molecule has 3 heteroatoms. The van der Waals surface area contributed by atoms with E-state index < -0.39 is 0 Å². The van der Waals surface area contributed by atoms with Crippen molar-refractivity contribution in [1.82, 2.24) is 10.3 Å². The molecule has 0 N–H and O–H groups in total. The maximum Gasteiger partial charge on any atom is 0.108 e. The monoisotopic (exact) mass is 292 g/mol. The van der Waals surface area contributed by atoms with Crippen molar-refractivity contribution in [2.45, 2.75) is 32.6 Å². The highest BCUT2D eigenvalue weighted by Crippen LogP contribution is 2.12. The Balaban J connectivity index is 1.58. The number of benzene rings is 2. The molecule has 0 unspecified atom stereocenters. The first kappa shape index (κ1) is 14.5.